The number of piperidine rings is 1. The van der Waals surface area contributed by atoms with Crippen LogP contribution in [0.4, 0.5) is 9.18 Å². The average molecular weight is 415 g/mol. The molecule has 138 valence electrons. The van der Waals surface area contributed by atoms with Crippen LogP contribution in [-0.2, 0) is 16.0 Å². The normalized spacial score (nSPS) is 18.0. The molecule has 1 aromatic rings. The van der Waals surface area contributed by atoms with E-state index in [-0.39, 0.29) is 24.2 Å². The summed E-state index contributed by atoms with van der Waals surface area (Å²) in [6.07, 6.45) is 1.25. The van der Waals surface area contributed by atoms with E-state index in [2.05, 4.69) is 21.2 Å². The van der Waals surface area contributed by atoms with Gasteiger partial charge in [0.15, 0.2) is 0 Å². The number of ether oxygens (including phenoxy) is 1. The van der Waals surface area contributed by atoms with Gasteiger partial charge < -0.3 is 15.0 Å². The van der Waals surface area contributed by atoms with Gasteiger partial charge in [-0.2, -0.15) is 0 Å². The van der Waals surface area contributed by atoms with Crippen molar-refractivity contribution in [3.8, 4) is 0 Å². The quantitative estimate of drug-likeness (QED) is 0.820. The highest BCUT2D eigenvalue weighted by Gasteiger charge is 2.26. The van der Waals surface area contributed by atoms with E-state index in [1.165, 1.54) is 12.1 Å². The SMILES string of the molecule is CC(C)(C)OC(=O)NC1CCCN(C(=O)Cc2cc(F)ccc2Br)C1. The molecular formula is C18H24BrFN2O3. The molecule has 2 rings (SSSR count). The molecular weight excluding hydrogens is 391 g/mol. The lowest BCUT2D eigenvalue weighted by atomic mass is 10.0. The largest absolute Gasteiger partial charge is 0.444 e. The van der Waals surface area contributed by atoms with Crippen molar-refractivity contribution in [2.24, 2.45) is 0 Å². The van der Waals surface area contributed by atoms with Gasteiger partial charge in [-0.25, -0.2) is 9.18 Å². The molecule has 0 saturated carbocycles. The summed E-state index contributed by atoms with van der Waals surface area (Å²) in [5, 5.41) is 2.82. The molecule has 1 N–H and O–H groups in total. The standard InChI is InChI=1S/C18H24BrFN2O3/c1-18(2,3)25-17(24)21-14-5-4-8-22(11-14)16(23)10-12-9-13(20)6-7-15(12)19/h6-7,9,14H,4-5,8,10-11H2,1-3H3,(H,21,24). The van der Waals surface area contributed by atoms with Gasteiger partial charge in [0.25, 0.3) is 0 Å². The zero-order chi connectivity index (χ0) is 18.6. The van der Waals surface area contributed by atoms with Crippen molar-refractivity contribution in [3.05, 3.63) is 34.1 Å². The monoisotopic (exact) mass is 414 g/mol. The Labute approximate surface area is 156 Å². The number of nitrogens with one attached hydrogen (secondary N) is 1. The fourth-order valence-corrected chi connectivity index (χ4v) is 3.14. The summed E-state index contributed by atoms with van der Waals surface area (Å²) in [5.74, 6) is -0.448. The summed E-state index contributed by atoms with van der Waals surface area (Å²) in [5.41, 5.74) is 0.0602. The van der Waals surface area contributed by atoms with Gasteiger partial charge in [0.2, 0.25) is 5.91 Å². The number of amides is 2. The lowest BCUT2D eigenvalue weighted by Gasteiger charge is -2.33. The Morgan fingerprint density at radius 2 is 2.12 bits per heavy atom. The van der Waals surface area contributed by atoms with Crippen molar-refractivity contribution in [1.29, 1.82) is 0 Å². The van der Waals surface area contributed by atoms with Crippen molar-refractivity contribution in [2.45, 2.75) is 51.7 Å². The van der Waals surface area contributed by atoms with E-state index in [1.807, 2.05) is 0 Å². The van der Waals surface area contributed by atoms with Crippen LogP contribution in [0.1, 0.15) is 39.2 Å². The Kier molecular flexibility index (Phi) is 6.43. The van der Waals surface area contributed by atoms with E-state index in [4.69, 9.17) is 4.74 Å². The molecule has 0 aliphatic carbocycles. The minimum atomic E-state index is -0.558. The molecule has 0 aromatic heterocycles. The van der Waals surface area contributed by atoms with Crippen LogP contribution in [0.2, 0.25) is 0 Å². The molecule has 1 aliphatic heterocycles. The van der Waals surface area contributed by atoms with Gasteiger partial charge in [-0.3, -0.25) is 4.79 Å². The van der Waals surface area contributed by atoms with Crippen LogP contribution in [0, 0.1) is 5.82 Å². The number of hydrogen-bond acceptors (Lipinski definition) is 3. The molecule has 1 saturated heterocycles. The topological polar surface area (TPSA) is 58.6 Å². The van der Waals surface area contributed by atoms with E-state index in [0.717, 1.165) is 12.8 Å². The first-order valence-electron chi connectivity index (χ1n) is 8.35. The third-order valence-electron chi connectivity index (χ3n) is 3.84. The fourth-order valence-electron chi connectivity index (χ4n) is 2.75. The Hall–Kier alpha value is -1.63. The lowest BCUT2D eigenvalue weighted by molar-refractivity contribution is -0.131. The second-order valence-electron chi connectivity index (χ2n) is 7.24. The first-order chi connectivity index (χ1) is 11.6. The summed E-state index contributed by atoms with van der Waals surface area (Å²) < 4.78 is 19.3. The molecule has 1 unspecified atom stereocenters. The number of likely N-dealkylation sites (tertiary alicyclic amines) is 1. The Balaban J connectivity index is 1.92. The highest BCUT2D eigenvalue weighted by molar-refractivity contribution is 9.10. The Morgan fingerprint density at radius 1 is 1.40 bits per heavy atom. The van der Waals surface area contributed by atoms with Crippen LogP contribution in [0.25, 0.3) is 0 Å². The maximum absolute atomic E-state index is 13.4. The predicted octanol–water partition coefficient (Wildman–Crippen LogP) is 3.65. The van der Waals surface area contributed by atoms with Gasteiger partial charge in [-0.05, 0) is 57.4 Å². The molecule has 5 nitrogen and oxygen atoms in total. The molecule has 1 heterocycles. The van der Waals surface area contributed by atoms with Crippen LogP contribution >= 0.6 is 15.9 Å². The molecule has 1 aliphatic rings. The summed E-state index contributed by atoms with van der Waals surface area (Å²) in [6, 6.07) is 4.17. The predicted molar refractivity (Wildman–Crippen MR) is 96.8 cm³/mol. The summed E-state index contributed by atoms with van der Waals surface area (Å²) >= 11 is 3.34. The first-order valence-corrected chi connectivity index (χ1v) is 9.14. The third kappa shape index (κ3) is 6.30. The minimum absolute atomic E-state index is 0.0815. The second kappa shape index (κ2) is 8.17. The van der Waals surface area contributed by atoms with Crippen molar-refractivity contribution >= 4 is 27.9 Å². The maximum Gasteiger partial charge on any atom is 0.407 e. The van der Waals surface area contributed by atoms with E-state index in [0.29, 0.717) is 23.1 Å². The van der Waals surface area contributed by atoms with Gasteiger partial charge >= 0.3 is 6.09 Å². The van der Waals surface area contributed by atoms with Gasteiger partial charge in [-0.1, -0.05) is 15.9 Å². The molecule has 0 radical (unpaired) electrons. The van der Waals surface area contributed by atoms with E-state index < -0.39 is 11.7 Å². The van der Waals surface area contributed by atoms with Gasteiger partial charge in [0.05, 0.1) is 6.42 Å². The van der Waals surface area contributed by atoms with E-state index >= 15 is 0 Å². The summed E-state index contributed by atoms with van der Waals surface area (Å²) in [6.45, 7) is 6.49. The van der Waals surface area contributed by atoms with Crippen LogP contribution in [0.3, 0.4) is 0 Å². The number of alkyl carbamates (subject to hydrolysis) is 1. The highest BCUT2D eigenvalue weighted by Crippen LogP contribution is 2.20. The molecule has 1 fully saturated rings. The van der Waals surface area contributed by atoms with E-state index in [9.17, 15) is 14.0 Å². The number of rotatable bonds is 3. The first kappa shape index (κ1) is 19.7. The highest BCUT2D eigenvalue weighted by atomic mass is 79.9. The van der Waals surface area contributed by atoms with Crippen molar-refractivity contribution in [1.82, 2.24) is 10.2 Å². The van der Waals surface area contributed by atoms with Gasteiger partial charge in [0, 0.05) is 23.6 Å². The third-order valence-corrected chi connectivity index (χ3v) is 4.62. The van der Waals surface area contributed by atoms with Crippen LogP contribution < -0.4 is 5.32 Å². The fraction of sp³-hybridized carbons (Fsp3) is 0.556. The summed E-state index contributed by atoms with van der Waals surface area (Å²) in [4.78, 5) is 26.1. The molecule has 1 aromatic carbocycles. The summed E-state index contributed by atoms with van der Waals surface area (Å²) in [7, 11) is 0. The molecule has 0 spiro atoms. The van der Waals surface area contributed by atoms with Gasteiger partial charge in [0.1, 0.15) is 11.4 Å². The zero-order valence-corrected chi connectivity index (χ0v) is 16.4. The Bertz CT molecular complexity index is 646. The lowest BCUT2D eigenvalue weighted by Crippen LogP contribution is -2.50. The second-order valence-corrected chi connectivity index (χ2v) is 8.09. The van der Waals surface area contributed by atoms with Crippen LogP contribution in [0.15, 0.2) is 22.7 Å². The molecule has 2 amide bonds. The molecule has 0 bridgehead atoms. The molecule has 7 heteroatoms. The number of nitrogens with zero attached hydrogens (tertiary/aromatic N) is 1. The van der Waals surface area contributed by atoms with Crippen molar-refractivity contribution in [3.63, 3.8) is 0 Å². The molecule has 25 heavy (non-hydrogen) atoms. The van der Waals surface area contributed by atoms with Crippen LogP contribution in [0.5, 0.6) is 0 Å². The van der Waals surface area contributed by atoms with Crippen LogP contribution in [-0.4, -0.2) is 41.6 Å². The number of carbonyl (C=O) groups excluding carboxylic acids is 2. The smallest absolute Gasteiger partial charge is 0.407 e. The maximum atomic E-state index is 13.4. The zero-order valence-electron chi connectivity index (χ0n) is 14.8. The number of hydrogen-bond donors (Lipinski definition) is 1. The van der Waals surface area contributed by atoms with Gasteiger partial charge in [-0.15, -0.1) is 0 Å². The average Bonchev–Trinajstić information content (AvgIpc) is 2.49. The number of carbonyl (C=O) groups is 2. The van der Waals surface area contributed by atoms with Crippen molar-refractivity contribution < 1.29 is 18.7 Å². The number of halogens is 2. The number of benzene rings is 1. The minimum Gasteiger partial charge on any atom is -0.444 e. The van der Waals surface area contributed by atoms with Crippen molar-refractivity contribution in [2.75, 3.05) is 13.1 Å². The molecule has 1 atom stereocenters. The van der Waals surface area contributed by atoms with E-state index in [1.54, 1.807) is 31.7 Å². The Morgan fingerprint density at radius 3 is 2.80 bits per heavy atom.